The molecule has 9 aromatic carbocycles. The Morgan fingerprint density at radius 3 is 1.85 bits per heavy atom. The third kappa shape index (κ3) is 3.02. The molecule has 0 aromatic heterocycles. The van der Waals surface area contributed by atoms with Crippen molar-refractivity contribution in [1.29, 1.82) is 0 Å². The van der Waals surface area contributed by atoms with Crippen molar-refractivity contribution in [3.8, 4) is 22.3 Å². The summed E-state index contributed by atoms with van der Waals surface area (Å²) in [5, 5.41) is -3.01. The van der Waals surface area contributed by atoms with Crippen LogP contribution < -0.4 is 0 Å². The van der Waals surface area contributed by atoms with E-state index in [1.165, 1.54) is 0 Å². The molecule has 184 valence electrons. The van der Waals surface area contributed by atoms with E-state index >= 15 is 0 Å². The Labute approximate surface area is 257 Å². The van der Waals surface area contributed by atoms with Gasteiger partial charge in [0.1, 0.15) is 0 Å². The third-order valence-corrected chi connectivity index (χ3v) is 7.27. The smallest absolute Gasteiger partial charge is 0.0622 e. The van der Waals surface area contributed by atoms with Crippen LogP contribution in [0.1, 0.15) is 24.7 Å². The first kappa shape index (κ1) is 10.8. The standard InChI is InChI=1S/C40H24/c1-2-8-25(9-3-1)32-23-29-17-15-27-18-20-36(35-21-19-30(24-32)37(29)38(27)35)40-34-13-7-5-11-28(34)22-31-16-14-26-10-4-6-12-33(26)39(31)40/h1-24H/i4D,5D,6D,7D,10D,11D,12D,13D,14D,15D,16D,17D,18D,19D,21D,22D,23D,24D. The molecule has 0 N–H and O–H groups in total. The van der Waals surface area contributed by atoms with Crippen LogP contribution in [0.2, 0.25) is 0 Å². The zero-order valence-electron chi connectivity index (χ0n) is 38.5. The van der Waals surface area contributed by atoms with Crippen molar-refractivity contribution in [2.24, 2.45) is 0 Å². The highest BCUT2D eigenvalue weighted by Crippen LogP contribution is 2.46. The minimum Gasteiger partial charge on any atom is -0.0622 e. The summed E-state index contributed by atoms with van der Waals surface area (Å²) in [6.07, 6.45) is 0. The lowest BCUT2D eigenvalue weighted by molar-refractivity contribution is 1.66. The monoisotopic (exact) mass is 522 g/mol. The zero-order valence-corrected chi connectivity index (χ0v) is 20.5. The Morgan fingerprint density at radius 1 is 0.375 bits per heavy atom. The summed E-state index contributed by atoms with van der Waals surface area (Å²) < 4.78 is 163. The molecule has 0 heterocycles. The van der Waals surface area contributed by atoms with Crippen molar-refractivity contribution in [3.63, 3.8) is 0 Å². The fraction of sp³-hybridized carbons (Fsp3) is 0. The number of hydrogen-bond acceptors (Lipinski definition) is 0. The molecule has 0 heteroatoms. The van der Waals surface area contributed by atoms with Gasteiger partial charge in [0.15, 0.2) is 0 Å². The summed E-state index contributed by atoms with van der Waals surface area (Å²) in [5.74, 6) is 0. The highest BCUT2D eigenvalue weighted by molar-refractivity contribution is 6.30. The first-order chi connectivity index (χ1) is 27.4. The van der Waals surface area contributed by atoms with Crippen LogP contribution in [0.5, 0.6) is 0 Å². The maximum absolute atomic E-state index is 9.59. The van der Waals surface area contributed by atoms with Crippen molar-refractivity contribution >= 4 is 64.6 Å². The summed E-state index contributed by atoms with van der Waals surface area (Å²) in [6, 6.07) is -1.27. The minimum atomic E-state index is -0.749. The quantitative estimate of drug-likeness (QED) is 0.156. The molecule has 0 aliphatic rings. The Bertz CT molecular complexity index is 3390. The molecule has 0 fully saturated rings. The Morgan fingerprint density at radius 2 is 1.02 bits per heavy atom. The van der Waals surface area contributed by atoms with Crippen LogP contribution in [-0.4, -0.2) is 0 Å². The van der Waals surface area contributed by atoms with Crippen LogP contribution in [0.3, 0.4) is 0 Å². The first-order valence-corrected chi connectivity index (χ1v) is 12.5. The van der Waals surface area contributed by atoms with Crippen molar-refractivity contribution in [1.82, 2.24) is 0 Å². The van der Waals surface area contributed by atoms with E-state index in [-0.39, 0.29) is 77.3 Å². The van der Waals surface area contributed by atoms with Gasteiger partial charge in [0.2, 0.25) is 0 Å². The van der Waals surface area contributed by atoms with Gasteiger partial charge in [0, 0.05) is 0 Å². The van der Waals surface area contributed by atoms with Crippen molar-refractivity contribution < 1.29 is 24.7 Å². The summed E-state index contributed by atoms with van der Waals surface area (Å²) in [6.45, 7) is 0. The molecule has 0 amide bonds. The Kier molecular flexibility index (Phi) is 2.19. The summed E-state index contributed by atoms with van der Waals surface area (Å²) in [5.41, 5.74) is -0.0175. The normalized spacial score (nSPS) is 18.3. The van der Waals surface area contributed by atoms with Gasteiger partial charge in [-0.2, -0.15) is 0 Å². The second-order valence-corrected chi connectivity index (χ2v) is 9.44. The molecule has 0 atom stereocenters. The van der Waals surface area contributed by atoms with E-state index in [0.717, 1.165) is 6.07 Å². The molecule has 0 aliphatic carbocycles. The lowest BCUT2D eigenvalue weighted by atomic mass is 9.84. The van der Waals surface area contributed by atoms with Gasteiger partial charge in [-0.05, 0) is 105 Å². The van der Waals surface area contributed by atoms with E-state index in [9.17, 15) is 9.60 Å². The summed E-state index contributed by atoms with van der Waals surface area (Å²) in [7, 11) is 0. The topological polar surface area (TPSA) is 0 Å². The highest BCUT2D eigenvalue weighted by Gasteiger charge is 2.18. The van der Waals surface area contributed by atoms with Gasteiger partial charge in [0.05, 0.1) is 24.7 Å². The van der Waals surface area contributed by atoms with Crippen molar-refractivity contribution in [3.05, 3.63) is 145 Å². The molecule has 9 aromatic rings. The van der Waals surface area contributed by atoms with Gasteiger partial charge in [0.25, 0.3) is 0 Å². The molecule has 0 bridgehead atoms. The maximum atomic E-state index is 9.59. The predicted octanol–water partition coefficient (Wildman–Crippen LogP) is 11.4. The van der Waals surface area contributed by atoms with E-state index in [0.29, 0.717) is 5.56 Å². The Hall–Kier alpha value is -5.20. The van der Waals surface area contributed by atoms with Gasteiger partial charge in [-0.15, -0.1) is 0 Å². The fourth-order valence-electron chi connectivity index (χ4n) is 5.55. The van der Waals surface area contributed by atoms with E-state index in [1.54, 1.807) is 30.3 Å². The van der Waals surface area contributed by atoms with Crippen LogP contribution in [0.4, 0.5) is 0 Å². The highest BCUT2D eigenvalue weighted by atomic mass is 14.2. The number of fused-ring (bicyclic) bond motifs is 4. The molecule has 40 heavy (non-hydrogen) atoms. The molecule has 0 saturated carbocycles. The summed E-state index contributed by atoms with van der Waals surface area (Å²) >= 11 is 0. The SMILES string of the molecule is [2H]c1c([2H])c([2H])c2c(-c3cc([2H])c4c([2H])c([2H])c5c([2H])c(-c6ccccc6)c([2H])c6c([2H])c([2H])c3c4c56)c3c(c([2H])c([2H])c4c([2H])c([2H])c([2H])c([2H])c43)c([2H])c2c1[2H]. The van der Waals surface area contributed by atoms with E-state index < -0.39 is 113 Å². The van der Waals surface area contributed by atoms with Crippen LogP contribution in [0.15, 0.2) is 145 Å². The Balaban J connectivity index is 1.67. The lowest BCUT2D eigenvalue weighted by Crippen LogP contribution is -1.91. The third-order valence-electron chi connectivity index (χ3n) is 7.27. The predicted molar refractivity (Wildman–Crippen MR) is 174 cm³/mol. The number of benzene rings is 9. The van der Waals surface area contributed by atoms with Crippen LogP contribution in [0.25, 0.3) is 86.9 Å². The average Bonchev–Trinajstić information content (AvgIpc) is 3.19. The summed E-state index contributed by atoms with van der Waals surface area (Å²) in [4.78, 5) is 0. The minimum absolute atomic E-state index is 0.0361. The van der Waals surface area contributed by atoms with Crippen molar-refractivity contribution in [2.75, 3.05) is 0 Å². The molecule has 0 unspecified atom stereocenters. The molecule has 0 radical (unpaired) electrons. The number of hydrogen-bond donors (Lipinski definition) is 0. The maximum Gasteiger partial charge on any atom is 0.0636 e. The van der Waals surface area contributed by atoms with E-state index in [4.69, 9.17) is 15.1 Å². The fourth-order valence-corrected chi connectivity index (χ4v) is 5.55. The van der Waals surface area contributed by atoms with Crippen LogP contribution in [0, 0.1) is 0 Å². The second kappa shape index (κ2) is 8.15. The van der Waals surface area contributed by atoms with Gasteiger partial charge >= 0.3 is 0 Å². The van der Waals surface area contributed by atoms with Gasteiger partial charge in [-0.3, -0.25) is 0 Å². The largest absolute Gasteiger partial charge is 0.0636 e. The molecule has 0 saturated heterocycles. The first-order valence-electron chi connectivity index (χ1n) is 21.5. The van der Waals surface area contributed by atoms with E-state index in [1.807, 2.05) is 0 Å². The molecular weight excluding hydrogens is 480 g/mol. The zero-order chi connectivity index (χ0) is 41.9. The molecule has 0 spiro atoms. The van der Waals surface area contributed by atoms with Gasteiger partial charge in [-0.1, -0.05) is 127 Å². The van der Waals surface area contributed by atoms with Gasteiger partial charge < -0.3 is 0 Å². The second-order valence-electron chi connectivity index (χ2n) is 9.44. The molecular formula is C40H24. The van der Waals surface area contributed by atoms with Crippen molar-refractivity contribution in [2.45, 2.75) is 0 Å². The lowest BCUT2D eigenvalue weighted by Gasteiger charge is -2.19. The van der Waals surface area contributed by atoms with Gasteiger partial charge in [-0.25, -0.2) is 0 Å². The van der Waals surface area contributed by atoms with Crippen LogP contribution >= 0.6 is 0 Å². The average molecular weight is 523 g/mol. The van der Waals surface area contributed by atoms with Crippen LogP contribution in [-0.2, 0) is 0 Å². The molecule has 0 aliphatic heterocycles. The number of rotatable bonds is 2. The molecule has 9 rings (SSSR count). The van der Waals surface area contributed by atoms with E-state index in [2.05, 4.69) is 0 Å². The molecule has 0 nitrogen and oxygen atoms in total.